The summed E-state index contributed by atoms with van der Waals surface area (Å²) in [5, 5.41) is 9.90. The minimum Gasteiger partial charge on any atom is -0.492 e. The number of nitrogens with zero attached hydrogens (tertiary/aromatic N) is 1. The summed E-state index contributed by atoms with van der Waals surface area (Å²) in [5.74, 6) is 0.614. The fourth-order valence-corrected chi connectivity index (χ4v) is 4.99. The monoisotopic (exact) mass is 443 g/mol. The van der Waals surface area contributed by atoms with Crippen molar-refractivity contribution < 1.29 is 19.4 Å². The van der Waals surface area contributed by atoms with Crippen LogP contribution in [0.15, 0.2) is 36.4 Å². The number of carboxylic acids is 1. The van der Waals surface area contributed by atoms with Crippen LogP contribution in [0.5, 0.6) is 11.5 Å². The number of likely N-dealkylation sites (tertiary alicyclic amines) is 1. The summed E-state index contributed by atoms with van der Waals surface area (Å²) >= 11 is 6.38. The molecule has 2 heterocycles. The van der Waals surface area contributed by atoms with Gasteiger partial charge in [-0.05, 0) is 50.0 Å². The highest BCUT2D eigenvalue weighted by molar-refractivity contribution is 6.31. The molecule has 1 atom stereocenters. The highest BCUT2D eigenvalue weighted by Crippen LogP contribution is 2.46. The topological polar surface area (TPSA) is 59.0 Å². The van der Waals surface area contributed by atoms with Crippen molar-refractivity contribution in [1.29, 1.82) is 0 Å². The third-order valence-electron chi connectivity index (χ3n) is 6.78. The van der Waals surface area contributed by atoms with Crippen molar-refractivity contribution in [3.05, 3.63) is 58.1 Å². The molecule has 1 saturated heterocycles. The van der Waals surface area contributed by atoms with Crippen LogP contribution < -0.4 is 9.47 Å². The summed E-state index contributed by atoms with van der Waals surface area (Å²) in [4.78, 5) is 13.4. The first-order valence-corrected chi connectivity index (χ1v) is 11.4. The van der Waals surface area contributed by atoms with E-state index in [2.05, 4.69) is 24.0 Å². The molecule has 166 valence electrons. The number of hydrogen-bond acceptors (Lipinski definition) is 4. The zero-order chi connectivity index (χ0) is 22.0. The van der Waals surface area contributed by atoms with Crippen LogP contribution in [0.3, 0.4) is 0 Å². The van der Waals surface area contributed by atoms with Gasteiger partial charge in [-0.25, -0.2) is 0 Å². The van der Waals surface area contributed by atoms with Crippen molar-refractivity contribution in [2.24, 2.45) is 5.92 Å². The Labute approximate surface area is 188 Å². The van der Waals surface area contributed by atoms with Gasteiger partial charge in [0.25, 0.3) is 0 Å². The molecule has 2 aromatic carbocycles. The molecular formula is C25H30ClNO4. The highest BCUT2D eigenvalue weighted by atomic mass is 35.5. The maximum absolute atomic E-state index is 11.2. The van der Waals surface area contributed by atoms with Gasteiger partial charge in [-0.3, -0.25) is 4.79 Å². The number of benzene rings is 2. The fraction of sp³-hybridized carbons (Fsp3) is 0.480. The Hall–Kier alpha value is -2.24. The standard InChI is InChI=1S/C25H30ClNO4/c1-3-18-5-4-6-22(26)20(18)15-30-19-7-8-21-23(13-19)31-16-25(21)9-11-27(12-10-25)14-17(2)24(28)29/h4-8,13,17H,3,9-12,14-16H2,1-2H3,(H,28,29). The summed E-state index contributed by atoms with van der Waals surface area (Å²) in [5.41, 5.74) is 3.51. The van der Waals surface area contributed by atoms with Crippen molar-refractivity contribution in [3.8, 4) is 11.5 Å². The maximum atomic E-state index is 11.2. The number of fused-ring (bicyclic) bond motifs is 2. The van der Waals surface area contributed by atoms with Gasteiger partial charge in [-0.2, -0.15) is 0 Å². The number of rotatable bonds is 7. The fourth-order valence-electron chi connectivity index (χ4n) is 4.74. The van der Waals surface area contributed by atoms with Crippen LogP contribution in [0.25, 0.3) is 0 Å². The number of carboxylic acid groups (broad SMARTS) is 1. The Balaban J connectivity index is 1.42. The molecule has 6 heteroatoms. The van der Waals surface area contributed by atoms with Crippen LogP contribution in [0.2, 0.25) is 5.02 Å². The lowest BCUT2D eigenvalue weighted by atomic mass is 9.74. The van der Waals surface area contributed by atoms with Crippen molar-refractivity contribution in [3.63, 3.8) is 0 Å². The average Bonchev–Trinajstić information content (AvgIpc) is 3.11. The van der Waals surface area contributed by atoms with Crippen LogP contribution in [0.1, 0.15) is 43.4 Å². The molecule has 0 aliphatic carbocycles. The van der Waals surface area contributed by atoms with Crippen molar-refractivity contribution in [2.75, 3.05) is 26.2 Å². The first kappa shape index (κ1) is 22.0. The zero-order valence-electron chi connectivity index (χ0n) is 18.2. The molecule has 1 N–H and O–H groups in total. The summed E-state index contributed by atoms with van der Waals surface area (Å²) in [7, 11) is 0. The molecule has 2 aromatic rings. The molecule has 0 bridgehead atoms. The molecule has 1 unspecified atom stereocenters. The molecule has 1 fully saturated rings. The average molecular weight is 444 g/mol. The molecule has 0 aromatic heterocycles. The number of halogens is 1. The number of aryl methyl sites for hydroxylation is 1. The van der Waals surface area contributed by atoms with Gasteiger partial charge >= 0.3 is 5.97 Å². The number of hydrogen-bond donors (Lipinski definition) is 1. The second-order valence-electron chi connectivity index (χ2n) is 8.79. The zero-order valence-corrected chi connectivity index (χ0v) is 19.0. The largest absolute Gasteiger partial charge is 0.492 e. The van der Waals surface area contributed by atoms with Gasteiger partial charge in [0.1, 0.15) is 18.1 Å². The Morgan fingerprint density at radius 1 is 1.29 bits per heavy atom. The molecule has 0 radical (unpaired) electrons. The van der Waals surface area contributed by atoms with Gasteiger partial charge < -0.3 is 19.5 Å². The molecule has 5 nitrogen and oxygen atoms in total. The number of aliphatic carboxylic acids is 1. The summed E-state index contributed by atoms with van der Waals surface area (Å²) in [6.07, 6.45) is 2.87. The molecule has 0 amide bonds. The minimum absolute atomic E-state index is 0.0228. The Morgan fingerprint density at radius 3 is 2.77 bits per heavy atom. The second-order valence-corrected chi connectivity index (χ2v) is 9.19. The van der Waals surface area contributed by atoms with Gasteiger partial charge in [0, 0.05) is 34.2 Å². The van der Waals surface area contributed by atoms with Crippen LogP contribution in [-0.2, 0) is 23.2 Å². The summed E-state index contributed by atoms with van der Waals surface area (Å²) in [6, 6.07) is 12.1. The Bertz CT molecular complexity index is 953. The predicted molar refractivity (Wildman–Crippen MR) is 121 cm³/mol. The number of carbonyl (C=O) groups is 1. The van der Waals surface area contributed by atoms with E-state index in [1.807, 2.05) is 24.3 Å². The Morgan fingerprint density at radius 2 is 2.06 bits per heavy atom. The molecule has 31 heavy (non-hydrogen) atoms. The smallest absolute Gasteiger partial charge is 0.307 e. The normalized spacial score (nSPS) is 18.4. The minimum atomic E-state index is -0.731. The van der Waals surface area contributed by atoms with E-state index in [0.717, 1.165) is 54.4 Å². The predicted octanol–water partition coefficient (Wildman–Crippen LogP) is 4.93. The van der Waals surface area contributed by atoms with Gasteiger partial charge in [-0.1, -0.05) is 43.6 Å². The Kier molecular flexibility index (Phi) is 6.44. The van der Waals surface area contributed by atoms with Crippen LogP contribution in [0.4, 0.5) is 0 Å². The third-order valence-corrected chi connectivity index (χ3v) is 7.13. The first-order chi connectivity index (χ1) is 14.9. The van der Waals surface area contributed by atoms with Gasteiger partial charge in [0.2, 0.25) is 0 Å². The van der Waals surface area contributed by atoms with E-state index < -0.39 is 5.97 Å². The van der Waals surface area contributed by atoms with E-state index in [1.54, 1.807) is 6.92 Å². The van der Waals surface area contributed by atoms with Crippen LogP contribution in [-0.4, -0.2) is 42.2 Å². The SMILES string of the molecule is CCc1cccc(Cl)c1COc1ccc2c(c1)OCC21CCN(CC(C)C(=O)O)CC1. The molecule has 1 spiro atoms. The van der Waals surface area contributed by atoms with E-state index in [-0.39, 0.29) is 11.3 Å². The highest BCUT2D eigenvalue weighted by Gasteiger charge is 2.43. The lowest BCUT2D eigenvalue weighted by Crippen LogP contribution is -2.45. The third kappa shape index (κ3) is 4.53. The number of piperidine rings is 1. The van der Waals surface area contributed by atoms with E-state index in [4.69, 9.17) is 26.2 Å². The lowest BCUT2D eigenvalue weighted by Gasteiger charge is -2.39. The van der Waals surface area contributed by atoms with Crippen LogP contribution >= 0.6 is 11.6 Å². The molecule has 2 aliphatic rings. The summed E-state index contributed by atoms with van der Waals surface area (Å²) in [6.45, 7) is 7.39. The van der Waals surface area contributed by atoms with Gasteiger partial charge in [0.05, 0.1) is 12.5 Å². The first-order valence-electron chi connectivity index (χ1n) is 11.0. The van der Waals surface area contributed by atoms with E-state index in [1.165, 1.54) is 11.1 Å². The molecule has 0 saturated carbocycles. The molecule has 4 rings (SSSR count). The van der Waals surface area contributed by atoms with E-state index in [0.29, 0.717) is 19.8 Å². The lowest BCUT2D eigenvalue weighted by molar-refractivity contribution is -0.141. The van der Waals surface area contributed by atoms with Crippen LogP contribution in [0, 0.1) is 5.92 Å². The van der Waals surface area contributed by atoms with Gasteiger partial charge in [-0.15, -0.1) is 0 Å². The van der Waals surface area contributed by atoms with Gasteiger partial charge in [0.15, 0.2) is 0 Å². The maximum Gasteiger partial charge on any atom is 0.307 e. The second kappa shape index (κ2) is 9.09. The molecular weight excluding hydrogens is 414 g/mol. The van der Waals surface area contributed by atoms with E-state index >= 15 is 0 Å². The quantitative estimate of drug-likeness (QED) is 0.657. The van der Waals surface area contributed by atoms with Crippen molar-refractivity contribution in [1.82, 2.24) is 4.90 Å². The van der Waals surface area contributed by atoms with Crippen molar-refractivity contribution in [2.45, 2.75) is 45.1 Å². The summed E-state index contributed by atoms with van der Waals surface area (Å²) < 4.78 is 12.2. The van der Waals surface area contributed by atoms with E-state index in [9.17, 15) is 4.79 Å². The number of ether oxygens (including phenoxy) is 2. The van der Waals surface area contributed by atoms with Crippen molar-refractivity contribution >= 4 is 17.6 Å². The molecule has 2 aliphatic heterocycles.